The molecule has 1 fully saturated rings. The highest BCUT2D eigenvalue weighted by Crippen LogP contribution is 2.26. The van der Waals surface area contributed by atoms with Crippen LogP contribution < -0.4 is 15.6 Å². The van der Waals surface area contributed by atoms with Gasteiger partial charge in [0, 0.05) is 24.9 Å². The Morgan fingerprint density at radius 2 is 2.07 bits per heavy atom. The lowest BCUT2D eigenvalue weighted by molar-refractivity contribution is -0.274. The molecule has 1 aliphatic rings. The van der Waals surface area contributed by atoms with Gasteiger partial charge in [-0.15, -0.1) is 13.2 Å². The number of ether oxygens (including phenoxy) is 2. The van der Waals surface area contributed by atoms with E-state index in [9.17, 15) is 22.8 Å². The quantitative estimate of drug-likeness (QED) is 0.794. The second kappa shape index (κ2) is 8.69. The molecule has 1 aromatic carbocycles. The first-order valence-electron chi connectivity index (χ1n) is 9.18. The van der Waals surface area contributed by atoms with Crippen molar-refractivity contribution in [3.8, 4) is 5.75 Å². The summed E-state index contributed by atoms with van der Waals surface area (Å²) in [4.78, 5) is 25.4. The summed E-state index contributed by atoms with van der Waals surface area (Å²) in [6.45, 7) is 2.41. The molecule has 1 amide bonds. The number of aryl methyl sites for hydroxylation is 1. The van der Waals surface area contributed by atoms with E-state index in [-0.39, 0.29) is 23.8 Å². The average Bonchev–Trinajstić information content (AvgIpc) is 3.15. The first-order valence-corrected chi connectivity index (χ1v) is 9.18. The van der Waals surface area contributed by atoms with Crippen molar-refractivity contribution in [1.29, 1.82) is 0 Å². The van der Waals surface area contributed by atoms with E-state index >= 15 is 0 Å². The molecule has 1 saturated heterocycles. The fraction of sp³-hybridized carbons (Fsp3) is 0.400. The number of aromatic nitrogens is 1. The second-order valence-electron chi connectivity index (χ2n) is 6.80. The molecule has 6 nitrogen and oxygen atoms in total. The number of pyridine rings is 1. The summed E-state index contributed by atoms with van der Waals surface area (Å²) in [6.07, 6.45) is -1.53. The number of alkyl halides is 3. The number of amides is 1. The van der Waals surface area contributed by atoms with E-state index in [0.29, 0.717) is 18.7 Å². The van der Waals surface area contributed by atoms with Gasteiger partial charge in [0.2, 0.25) is 0 Å². The second-order valence-corrected chi connectivity index (χ2v) is 6.80. The molecule has 156 valence electrons. The van der Waals surface area contributed by atoms with Crippen LogP contribution in [0.15, 0.2) is 41.3 Å². The van der Waals surface area contributed by atoms with Gasteiger partial charge in [0.15, 0.2) is 0 Å². The van der Waals surface area contributed by atoms with Crippen molar-refractivity contribution in [3.63, 3.8) is 0 Å². The lowest BCUT2D eigenvalue weighted by Crippen LogP contribution is -2.35. The summed E-state index contributed by atoms with van der Waals surface area (Å²) in [6, 6.07) is 7.17. The SMILES string of the molecule is Cc1ccn(CC2CCCO2)c(=O)c1C(=O)NCc1ccccc1OC(F)(F)F. The van der Waals surface area contributed by atoms with Gasteiger partial charge >= 0.3 is 6.36 Å². The number of hydrogen-bond donors (Lipinski definition) is 1. The molecule has 2 aromatic rings. The summed E-state index contributed by atoms with van der Waals surface area (Å²) >= 11 is 0. The Hall–Kier alpha value is -2.81. The van der Waals surface area contributed by atoms with Crippen LogP contribution in [-0.4, -0.2) is 29.5 Å². The number of para-hydroxylation sites is 1. The molecule has 0 aliphatic carbocycles. The molecule has 9 heteroatoms. The molecular weight excluding hydrogens is 389 g/mol. The number of halogens is 3. The first-order chi connectivity index (χ1) is 13.7. The third-order valence-electron chi connectivity index (χ3n) is 4.66. The zero-order chi connectivity index (χ0) is 21.0. The van der Waals surface area contributed by atoms with E-state index < -0.39 is 23.6 Å². The molecule has 0 bridgehead atoms. The predicted octanol–water partition coefficient (Wildman–Crippen LogP) is 3.16. The minimum Gasteiger partial charge on any atom is -0.405 e. The number of carbonyl (C=O) groups is 1. The van der Waals surface area contributed by atoms with E-state index in [0.717, 1.165) is 18.9 Å². The average molecular weight is 410 g/mol. The van der Waals surface area contributed by atoms with E-state index in [1.165, 1.54) is 22.8 Å². The molecule has 29 heavy (non-hydrogen) atoms. The Balaban J connectivity index is 1.75. The smallest absolute Gasteiger partial charge is 0.405 e. The van der Waals surface area contributed by atoms with Gasteiger partial charge in [0.05, 0.1) is 12.6 Å². The van der Waals surface area contributed by atoms with Crippen molar-refractivity contribution in [1.82, 2.24) is 9.88 Å². The maximum Gasteiger partial charge on any atom is 0.573 e. The Bertz CT molecular complexity index is 934. The molecule has 1 aliphatic heterocycles. The van der Waals surface area contributed by atoms with Gasteiger partial charge in [0.1, 0.15) is 11.3 Å². The topological polar surface area (TPSA) is 69.6 Å². The summed E-state index contributed by atoms with van der Waals surface area (Å²) in [5.74, 6) is -1.06. The van der Waals surface area contributed by atoms with Crippen molar-refractivity contribution in [2.45, 2.75) is 45.3 Å². The number of hydrogen-bond acceptors (Lipinski definition) is 4. The van der Waals surface area contributed by atoms with Crippen LogP contribution in [0.2, 0.25) is 0 Å². The Morgan fingerprint density at radius 3 is 2.76 bits per heavy atom. The van der Waals surface area contributed by atoms with Gasteiger partial charge in [-0.25, -0.2) is 0 Å². The van der Waals surface area contributed by atoms with E-state index in [1.807, 2.05) is 0 Å². The van der Waals surface area contributed by atoms with Gasteiger partial charge in [0.25, 0.3) is 11.5 Å². The summed E-state index contributed by atoms with van der Waals surface area (Å²) in [5.41, 5.74) is 0.125. The highest BCUT2D eigenvalue weighted by atomic mass is 19.4. The molecule has 1 atom stereocenters. The van der Waals surface area contributed by atoms with E-state index in [2.05, 4.69) is 10.1 Å². The van der Waals surface area contributed by atoms with Gasteiger partial charge in [-0.2, -0.15) is 0 Å². The minimum atomic E-state index is -4.84. The van der Waals surface area contributed by atoms with Crippen molar-refractivity contribution in [2.24, 2.45) is 0 Å². The van der Waals surface area contributed by atoms with Crippen LogP contribution in [0.4, 0.5) is 13.2 Å². The molecule has 1 N–H and O–H groups in total. The van der Waals surface area contributed by atoms with Crippen LogP contribution in [0.3, 0.4) is 0 Å². The van der Waals surface area contributed by atoms with Crippen LogP contribution in [-0.2, 0) is 17.8 Å². The number of nitrogens with zero attached hydrogens (tertiary/aromatic N) is 1. The Labute approximate surface area is 165 Å². The molecule has 1 unspecified atom stereocenters. The van der Waals surface area contributed by atoms with Crippen LogP contribution in [0.5, 0.6) is 5.75 Å². The molecule has 0 radical (unpaired) electrons. The predicted molar refractivity (Wildman–Crippen MR) is 98.7 cm³/mol. The number of carbonyl (C=O) groups excluding carboxylic acids is 1. The minimum absolute atomic E-state index is 0.0419. The normalized spacial score (nSPS) is 16.6. The maximum atomic E-state index is 12.8. The van der Waals surface area contributed by atoms with Gasteiger partial charge in [-0.05, 0) is 37.5 Å². The molecule has 0 saturated carbocycles. The number of benzene rings is 1. The fourth-order valence-corrected chi connectivity index (χ4v) is 3.23. The van der Waals surface area contributed by atoms with Crippen molar-refractivity contribution in [3.05, 3.63) is 63.6 Å². The molecule has 3 rings (SSSR count). The molecular formula is C20H21F3N2O4. The fourth-order valence-electron chi connectivity index (χ4n) is 3.23. The highest BCUT2D eigenvalue weighted by Gasteiger charge is 2.32. The van der Waals surface area contributed by atoms with Crippen LogP contribution >= 0.6 is 0 Å². The van der Waals surface area contributed by atoms with Crippen LogP contribution in [0, 0.1) is 6.92 Å². The standard InChI is InChI=1S/C20H21F3N2O4/c1-13-8-9-25(12-15-6-4-10-28-15)19(27)17(13)18(26)24-11-14-5-2-3-7-16(14)29-20(21,22)23/h2-3,5,7-9,15H,4,6,10-12H2,1H3,(H,24,26). The third kappa shape index (κ3) is 5.38. The number of nitrogens with one attached hydrogen (secondary N) is 1. The first kappa shape index (κ1) is 20.9. The van der Waals surface area contributed by atoms with Crippen LogP contribution in [0.1, 0.15) is 34.3 Å². The highest BCUT2D eigenvalue weighted by molar-refractivity contribution is 5.95. The van der Waals surface area contributed by atoms with Gasteiger partial charge in [-0.1, -0.05) is 18.2 Å². The van der Waals surface area contributed by atoms with E-state index in [1.54, 1.807) is 19.2 Å². The van der Waals surface area contributed by atoms with Gasteiger partial charge < -0.3 is 19.4 Å². The largest absolute Gasteiger partial charge is 0.573 e. The Morgan fingerprint density at radius 1 is 1.31 bits per heavy atom. The van der Waals surface area contributed by atoms with E-state index in [4.69, 9.17) is 4.74 Å². The molecule has 0 spiro atoms. The van der Waals surface area contributed by atoms with Gasteiger partial charge in [-0.3, -0.25) is 9.59 Å². The van der Waals surface area contributed by atoms with Crippen molar-refractivity contribution in [2.75, 3.05) is 6.61 Å². The maximum absolute atomic E-state index is 12.8. The molecule has 2 heterocycles. The lowest BCUT2D eigenvalue weighted by Gasteiger charge is -2.15. The zero-order valence-corrected chi connectivity index (χ0v) is 15.8. The lowest BCUT2D eigenvalue weighted by atomic mass is 10.1. The van der Waals surface area contributed by atoms with Crippen molar-refractivity contribution >= 4 is 5.91 Å². The number of rotatable bonds is 6. The summed E-state index contributed by atoms with van der Waals surface area (Å²) in [7, 11) is 0. The summed E-state index contributed by atoms with van der Waals surface area (Å²) in [5, 5.41) is 2.51. The Kier molecular flexibility index (Phi) is 6.26. The summed E-state index contributed by atoms with van der Waals surface area (Å²) < 4.78 is 48.6. The third-order valence-corrected chi connectivity index (χ3v) is 4.66. The monoisotopic (exact) mass is 410 g/mol. The molecule has 1 aromatic heterocycles. The van der Waals surface area contributed by atoms with Crippen LogP contribution in [0.25, 0.3) is 0 Å². The van der Waals surface area contributed by atoms with Crippen molar-refractivity contribution < 1.29 is 27.4 Å². The zero-order valence-electron chi connectivity index (χ0n) is 15.8.